The summed E-state index contributed by atoms with van der Waals surface area (Å²) in [6.45, 7) is 11.9. The fourth-order valence-corrected chi connectivity index (χ4v) is 3.13. The molecule has 7 heteroatoms. The summed E-state index contributed by atoms with van der Waals surface area (Å²) >= 11 is 0. The molecule has 7 nitrogen and oxygen atoms in total. The number of anilines is 1. The van der Waals surface area contributed by atoms with Crippen molar-refractivity contribution in [3.63, 3.8) is 0 Å². The SMILES string of the molecule is CCCCOc1ccc(-c2ccc(NCCCCC(=O)OC(C)(C)C)nc2)c(OCCCC)n1. The smallest absolute Gasteiger partial charge is 0.306 e. The quantitative estimate of drug-likeness (QED) is 0.237. The highest BCUT2D eigenvalue weighted by Crippen LogP contribution is 2.31. The van der Waals surface area contributed by atoms with Gasteiger partial charge in [0.05, 0.1) is 13.2 Å². The number of carbonyl (C=O) groups is 1. The molecule has 0 bridgehead atoms. The molecule has 34 heavy (non-hydrogen) atoms. The van der Waals surface area contributed by atoms with Gasteiger partial charge < -0.3 is 19.5 Å². The standard InChI is InChI=1S/C27H41N3O4/c1-6-8-18-32-24-16-14-22(26(30-24)33-19-9-7-2)21-13-15-23(29-20-21)28-17-11-10-12-25(31)34-27(3,4)5/h13-16,20H,6-12,17-19H2,1-5H3,(H,28,29). The van der Waals surface area contributed by atoms with Crippen molar-refractivity contribution in [1.29, 1.82) is 0 Å². The van der Waals surface area contributed by atoms with E-state index in [9.17, 15) is 4.79 Å². The van der Waals surface area contributed by atoms with Crippen LogP contribution in [-0.4, -0.2) is 41.3 Å². The summed E-state index contributed by atoms with van der Waals surface area (Å²) in [5, 5.41) is 3.31. The van der Waals surface area contributed by atoms with E-state index in [4.69, 9.17) is 14.2 Å². The zero-order valence-electron chi connectivity index (χ0n) is 21.5. The van der Waals surface area contributed by atoms with Gasteiger partial charge >= 0.3 is 5.97 Å². The van der Waals surface area contributed by atoms with Crippen molar-refractivity contribution in [3.8, 4) is 22.9 Å². The molecule has 2 heterocycles. The van der Waals surface area contributed by atoms with Crippen molar-refractivity contribution in [1.82, 2.24) is 9.97 Å². The topological polar surface area (TPSA) is 82.6 Å². The third-order valence-electron chi connectivity index (χ3n) is 4.93. The zero-order valence-corrected chi connectivity index (χ0v) is 21.5. The third kappa shape index (κ3) is 10.4. The average Bonchev–Trinajstić information content (AvgIpc) is 2.79. The van der Waals surface area contributed by atoms with Crippen molar-refractivity contribution >= 4 is 11.8 Å². The van der Waals surface area contributed by atoms with E-state index in [2.05, 4.69) is 29.1 Å². The van der Waals surface area contributed by atoms with Gasteiger partial charge in [-0.25, -0.2) is 4.98 Å². The van der Waals surface area contributed by atoms with Crippen molar-refractivity contribution in [2.75, 3.05) is 25.1 Å². The molecule has 0 radical (unpaired) electrons. The lowest BCUT2D eigenvalue weighted by Crippen LogP contribution is -2.23. The van der Waals surface area contributed by atoms with Crippen LogP contribution in [0.5, 0.6) is 11.8 Å². The second kappa shape index (κ2) is 14.4. The molecule has 0 saturated heterocycles. The van der Waals surface area contributed by atoms with Crippen LogP contribution in [0.25, 0.3) is 11.1 Å². The molecule has 0 aliphatic carbocycles. The molecule has 0 atom stereocenters. The Morgan fingerprint density at radius 2 is 1.68 bits per heavy atom. The molecule has 2 aromatic heterocycles. The molecular weight excluding hydrogens is 430 g/mol. The number of nitrogens with one attached hydrogen (secondary N) is 1. The first-order valence-electron chi connectivity index (χ1n) is 12.5. The van der Waals surface area contributed by atoms with Crippen LogP contribution in [0.3, 0.4) is 0 Å². The van der Waals surface area contributed by atoms with E-state index in [0.717, 1.165) is 62.0 Å². The van der Waals surface area contributed by atoms with Crippen molar-refractivity contribution in [3.05, 3.63) is 30.5 Å². The summed E-state index contributed by atoms with van der Waals surface area (Å²) in [4.78, 5) is 20.9. The minimum absolute atomic E-state index is 0.151. The van der Waals surface area contributed by atoms with E-state index in [-0.39, 0.29) is 5.97 Å². The van der Waals surface area contributed by atoms with Crippen molar-refractivity contribution < 1.29 is 19.0 Å². The Kier molecular flexibility index (Phi) is 11.6. The number of esters is 1. The highest BCUT2D eigenvalue weighted by Gasteiger charge is 2.15. The number of pyridine rings is 2. The molecule has 0 aliphatic heterocycles. The van der Waals surface area contributed by atoms with Crippen molar-refractivity contribution in [2.24, 2.45) is 0 Å². The van der Waals surface area contributed by atoms with Gasteiger partial charge in [-0.3, -0.25) is 4.79 Å². The van der Waals surface area contributed by atoms with Crippen LogP contribution in [0.15, 0.2) is 30.5 Å². The Bertz CT molecular complexity index is 863. The Morgan fingerprint density at radius 1 is 0.941 bits per heavy atom. The van der Waals surface area contributed by atoms with Gasteiger partial charge in [-0.15, -0.1) is 0 Å². The lowest BCUT2D eigenvalue weighted by molar-refractivity contribution is -0.154. The molecule has 0 aliphatic rings. The number of unbranched alkanes of at least 4 members (excludes halogenated alkanes) is 3. The minimum atomic E-state index is -0.431. The number of carbonyl (C=O) groups excluding carboxylic acids is 1. The zero-order chi connectivity index (χ0) is 24.8. The first-order chi connectivity index (χ1) is 16.3. The van der Waals surface area contributed by atoms with Crippen LogP contribution in [0.4, 0.5) is 5.82 Å². The van der Waals surface area contributed by atoms with E-state index >= 15 is 0 Å². The van der Waals surface area contributed by atoms with Gasteiger partial charge in [0.15, 0.2) is 0 Å². The summed E-state index contributed by atoms with van der Waals surface area (Å²) in [6.07, 6.45) is 7.99. The summed E-state index contributed by atoms with van der Waals surface area (Å²) in [7, 11) is 0. The molecule has 0 saturated carbocycles. The first kappa shape index (κ1) is 27.4. The van der Waals surface area contributed by atoms with Crippen LogP contribution in [0.2, 0.25) is 0 Å². The van der Waals surface area contributed by atoms with Gasteiger partial charge in [-0.1, -0.05) is 26.7 Å². The number of rotatable bonds is 15. The van der Waals surface area contributed by atoms with Gasteiger partial charge in [0, 0.05) is 36.4 Å². The first-order valence-corrected chi connectivity index (χ1v) is 12.5. The Morgan fingerprint density at radius 3 is 2.32 bits per heavy atom. The van der Waals surface area contributed by atoms with E-state index in [1.807, 2.05) is 51.2 Å². The second-order valence-corrected chi connectivity index (χ2v) is 9.31. The van der Waals surface area contributed by atoms with Crippen LogP contribution in [-0.2, 0) is 9.53 Å². The number of aromatic nitrogens is 2. The maximum Gasteiger partial charge on any atom is 0.306 e. The molecule has 0 spiro atoms. The molecule has 0 amide bonds. The van der Waals surface area contributed by atoms with Gasteiger partial charge in [0.2, 0.25) is 11.8 Å². The third-order valence-corrected chi connectivity index (χ3v) is 4.93. The van der Waals surface area contributed by atoms with Crippen LogP contribution in [0, 0.1) is 0 Å². The van der Waals surface area contributed by atoms with Gasteiger partial charge in [0.1, 0.15) is 11.4 Å². The Hall–Kier alpha value is -2.83. The average molecular weight is 472 g/mol. The maximum absolute atomic E-state index is 11.8. The Balaban J connectivity index is 1.92. The lowest BCUT2D eigenvalue weighted by atomic mass is 10.1. The lowest BCUT2D eigenvalue weighted by Gasteiger charge is -2.19. The highest BCUT2D eigenvalue weighted by molar-refractivity contribution is 5.70. The van der Waals surface area contributed by atoms with Crippen LogP contribution in [0.1, 0.15) is 79.6 Å². The second-order valence-electron chi connectivity index (χ2n) is 9.31. The fourth-order valence-electron chi connectivity index (χ4n) is 3.13. The fraction of sp³-hybridized carbons (Fsp3) is 0.593. The highest BCUT2D eigenvalue weighted by atomic mass is 16.6. The van der Waals surface area contributed by atoms with E-state index in [1.165, 1.54) is 0 Å². The molecule has 1 N–H and O–H groups in total. The number of ether oxygens (including phenoxy) is 3. The summed E-state index contributed by atoms with van der Waals surface area (Å²) < 4.78 is 17.1. The van der Waals surface area contributed by atoms with E-state index in [1.54, 1.807) is 0 Å². The summed E-state index contributed by atoms with van der Waals surface area (Å²) in [5.74, 6) is 1.80. The van der Waals surface area contributed by atoms with E-state index < -0.39 is 5.60 Å². The van der Waals surface area contributed by atoms with Crippen LogP contribution >= 0.6 is 0 Å². The van der Waals surface area contributed by atoms with Gasteiger partial charge in [-0.05, 0) is 64.7 Å². The summed E-state index contributed by atoms with van der Waals surface area (Å²) in [5.41, 5.74) is 1.41. The van der Waals surface area contributed by atoms with Gasteiger partial charge in [-0.2, -0.15) is 4.98 Å². The van der Waals surface area contributed by atoms with Crippen LogP contribution < -0.4 is 14.8 Å². The largest absolute Gasteiger partial charge is 0.478 e. The molecule has 2 aromatic rings. The molecule has 188 valence electrons. The Labute approximate surface area is 204 Å². The number of nitrogens with zero attached hydrogens (tertiary/aromatic N) is 2. The molecule has 0 fully saturated rings. The minimum Gasteiger partial charge on any atom is -0.478 e. The predicted octanol–water partition coefficient (Wildman–Crippen LogP) is 6.43. The maximum atomic E-state index is 11.8. The molecule has 0 aromatic carbocycles. The summed E-state index contributed by atoms with van der Waals surface area (Å²) in [6, 6.07) is 7.83. The normalized spacial score (nSPS) is 11.2. The number of hydrogen-bond acceptors (Lipinski definition) is 7. The molecule has 2 rings (SSSR count). The van der Waals surface area contributed by atoms with Gasteiger partial charge in [0.25, 0.3) is 0 Å². The molecule has 0 unspecified atom stereocenters. The monoisotopic (exact) mass is 471 g/mol. The predicted molar refractivity (Wildman–Crippen MR) is 136 cm³/mol. The molecular formula is C27H41N3O4. The number of hydrogen-bond donors (Lipinski definition) is 1. The van der Waals surface area contributed by atoms with E-state index in [0.29, 0.717) is 31.4 Å². The van der Waals surface area contributed by atoms with Crippen molar-refractivity contribution in [2.45, 2.75) is 85.2 Å².